The van der Waals surface area contributed by atoms with Crippen LogP contribution in [0.1, 0.15) is 18.4 Å². The van der Waals surface area contributed by atoms with Gasteiger partial charge < -0.3 is 20.1 Å². The van der Waals surface area contributed by atoms with E-state index in [1.54, 1.807) is 0 Å². The van der Waals surface area contributed by atoms with Crippen LogP contribution in [-0.4, -0.2) is 44.6 Å². The standard InChI is InChI=1S/C15H23BrN2O2/c1-17-11-12-2-3-13(16)10-15(12)18-6-4-14(5-7-18)20-9-8-19/h2-3,10,14,17,19H,4-9,11H2,1H3. The predicted octanol–water partition coefficient (Wildman–Crippen LogP) is 2.15. The quantitative estimate of drug-likeness (QED) is 0.831. The van der Waals surface area contributed by atoms with Gasteiger partial charge in [-0.1, -0.05) is 22.0 Å². The number of nitrogens with zero attached hydrogens (tertiary/aromatic N) is 1. The van der Waals surface area contributed by atoms with E-state index in [1.807, 2.05) is 7.05 Å². The molecule has 0 saturated carbocycles. The fourth-order valence-corrected chi connectivity index (χ4v) is 3.00. The van der Waals surface area contributed by atoms with E-state index in [-0.39, 0.29) is 6.61 Å². The molecule has 1 heterocycles. The van der Waals surface area contributed by atoms with Gasteiger partial charge in [0.25, 0.3) is 0 Å². The molecule has 1 aromatic carbocycles. The van der Waals surface area contributed by atoms with E-state index in [4.69, 9.17) is 9.84 Å². The minimum absolute atomic E-state index is 0.109. The lowest BCUT2D eigenvalue weighted by molar-refractivity contribution is 0.0159. The first kappa shape index (κ1) is 15.8. The van der Waals surface area contributed by atoms with Crippen LogP contribution in [-0.2, 0) is 11.3 Å². The van der Waals surface area contributed by atoms with Crippen LogP contribution < -0.4 is 10.2 Å². The number of nitrogens with one attached hydrogen (secondary N) is 1. The number of anilines is 1. The topological polar surface area (TPSA) is 44.7 Å². The number of halogens is 1. The number of hydrogen-bond donors (Lipinski definition) is 2. The molecule has 112 valence electrons. The predicted molar refractivity (Wildman–Crippen MR) is 85.2 cm³/mol. The van der Waals surface area contributed by atoms with Crippen molar-refractivity contribution in [3.8, 4) is 0 Å². The molecular formula is C15H23BrN2O2. The maximum absolute atomic E-state index is 8.81. The molecule has 2 rings (SSSR count). The molecule has 1 aliphatic rings. The fourth-order valence-electron chi connectivity index (χ4n) is 2.65. The highest BCUT2D eigenvalue weighted by Crippen LogP contribution is 2.28. The number of hydrogen-bond acceptors (Lipinski definition) is 4. The van der Waals surface area contributed by atoms with E-state index in [0.717, 1.165) is 36.9 Å². The Bertz CT molecular complexity index is 420. The molecule has 1 aliphatic heterocycles. The summed E-state index contributed by atoms with van der Waals surface area (Å²) in [6, 6.07) is 6.46. The third-order valence-electron chi connectivity index (χ3n) is 3.64. The monoisotopic (exact) mass is 342 g/mol. The Morgan fingerprint density at radius 1 is 1.40 bits per heavy atom. The highest BCUT2D eigenvalue weighted by atomic mass is 79.9. The molecule has 1 aromatic rings. The van der Waals surface area contributed by atoms with Crippen molar-refractivity contribution in [2.24, 2.45) is 0 Å². The second-order valence-electron chi connectivity index (χ2n) is 5.08. The van der Waals surface area contributed by atoms with Crippen LogP contribution in [0, 0.1) is 0 Å². The summed E-state index contributed by atoms with van der Waals surface area (Å²) in [4.78, 5) is 2.43. The van der Waals surface area contributed by atoms with E-state index in [2.05, 4.69) is 44.3 Å². The van der Waals surface area contributed by atoms with E-state index >= 15 is 0 Å². The number of piperidine rings is 1. The Kier molecular flexibility index (Phi) is 6.29. The van der Waals surface area contributed by atoms with Crippen molar-refractivity contribution in [1.29, 1.82) is 0 Å². The first-order valence-electron chi connectivity index (χ1n) is 7.15. The molecule has 0 bridgehead atoms. The largest absolute Gasteiger partial charge is 0.394 e. The van der Waals surface area contributed by atoms with Crippen LogP contribution in [0.15, 0.2) is 22.7 Å². The van der Waals surface area contributed by atoms with Gasteiger partial charge in [0.1, 0.15) is 0 Å². The van der Waals surface area contributed by atoms with Crippen LogP contribution in [0.5, 0.6) is 0 Å². The zero-order valence-corrected chi connectivity index (χ0v) is 13.5. The zero-order valence-electron chi connectivity index (χ0n) is 11.9. The fraction of sp³-hybridized carbons (Fsp3) is 0.600. The summed E-state index contributed by atoms with van der Waals surface area (Å²) in [6.45, 7) is 3.45. The highest BCUT2D eigenvalue weighted by molar-refractivity contribution is 9.10. The summed E-state index contributed by atoms with van der Waals surface area (Å²) in [7, 11) is 1.97. The molecule has 5 heteroatoms. The summed E-state index contributed by atoms with van der Waals surface area (Å²) < 4.78 is 6.74. The molecule has 0 spiro atoms. The molecule has 1 saturated heterocycles. The lowest BCUT2D eigenvalue weighted by Gasteiger charge is -2.34. The Balaban J connectivity index is 2.00. The third kappa shape index (κ3) is 4.19. The van der Waals surface area contributed by atoms with Gasteiger partial charge in [-0.15, -0.1) is 0 Å². The molecule has 1 fully saturated rings. The van der Waals surface area contributed by atoms with Gasteiger partial charge in [-0.2, -0.15) is 0 Å². The second-order valence-corrected chi connectivity index (χ2v) is 6.00. The molecule has 0 radical (unpaired) electrons. The number of aliphatic hydroxyl groups excluding tert-OH is 1. The Hall–Kier alpha value is -0.620. The van der Waals surface area contributed by atoms with Crippen molar-refractivity contribution in [2.45, 2.75) is 25.5 Å². The van der Waals surface area contributed by atoms with E-state index in [0.29, 0.717) is 12.7 Å². The van der Waals surface area contributed by atoms with Crippen molar-refractivity contribution in [2.75, 3.05) is 38.3 Å². The van der Waals surface area contributed by atoms with Crippen molar-refractivity contribution in [3.63, 3.8) is 0 Å². The van der Waals surface area contributed by atoms with Gasteiger partial charge in [0.05, 0.1) is 19.3 Å². The van der Waals surface area contributed by atoms with E-state index < -0.39 is 0 Å². The molecule has 0 amide bonds. The van der Waals surface area contributed by atoms with Crippen LogP contribution in [0.3, 0.4) is 0 Å². The lowest BCUT2D eigenvalue weighted by atomic mass is 10.0. The summed E-state index contributed by atoms with van der Waals surface area (Å²) in [6.07, 6.45) is 2.33. The minimum atomic E-state index is 0.109. The number of rotatable bonds is 6. The van der Waals surface area contributed by atoms with Crippen molar-refractivity contribution in [1.82, 2.24) is 5.32 Å². The Labute approximate surface area is 129 Å². The van der Waals surface area contributed by atoms with Gasteiger partial charge in [0, 0.05) is 29.8 Å². The third-order valence-corrected chi connectivity index (χ3v) is 4.14. The first-order valence-corrected chi connectivity index (χ1v) is 7.94. The Morgan fingerprint density at radius 3 is 2.80 bits per heavy atom. The maximum atomic E-state index is 8.81. The van der Waals surface area contributed by atoms with Gasteiger partial charge in [0.2, 0.25) is 0 Å². The number of aliphatic hydroxyl groups is 1. The average molecular weight is 343 g/mol. The van der Waals surface area contributed by atoms with Gasteiger partial charge in [0.15, 0.2) is 0 Å². The molecule has 0 aliphatic carbocycles. The summed E-state index contributed by atoms with van der Waals surface area (Å²) >= 11 is 3.56. The second kappa shape index (κ2) is 7.98. The zero-order chi connectivity index (χ0) is 14.4. The summed E-state index contributed by atoms with van der Waals surface area (Å²) in [5, 5.41) is 12.0. The van der Waals surface area contributed by atoms with Crippen LogP contribution in [0.2, 0.25) is 0 Å². The van der Waals surface area contributed by atoms with E-state index in [1.165, 1.54) is 11.3 Å². The molecule has 2 N–H and O–H groups in total. The SMILES string of the molecule is CNCc1ccc(Br)cc1N1CCC(OCCO)CC1. The van der Waals surface area contributed by atoms with Gasteiger partial charge >= 0.3 is 0 Å². The normalized spacial score (nSPS) is 16.6. The van der Waals surface area contributed by atoms with Gasteiger partial charge in [-0.25, -0.2) is 0 Å². The van der Waals surface area contributed by atoms with Gasteiger partial charge in [-0.05, 0) is 37.6 Å². The average Bonchev–Trinajstić information content (AvgIpc) is 2.48. The summed E-state index contributed by atoms with van der Waals surface area (Å²) in [5.74, 6) is 0. The molecule has 0 unspecified atom stereocenters. The van der Waals surface area contributed by atoms with Gasteiger partial charge in [-0.3, -0.25) is 0 Å². The van der Waals surface area contributed by atoms with Crippen LogP contribution in [0.4, 0.5) is 5.69 Å². The van der Waals surface area contributed by atoms with E-state index in [9.17, 15) is 0 Å². The van der Waals surface area contributed by atoms with Crippen LogP contribution >= 0.6 is 15.9 Å². The van der Waals surface area contributed by atoms with Crippen molar-refractivity contribution >= 4 is 21.6 Å². The van der Waals surface area contributed by atoms with Crippen molar-refractivity contribution < 1.29 is 9.84 Å². The molecule has 0 aromatic heterocycles. The minimum Gasteiger partial charge on any atom is -0.394 e. The lowest BCUT2D eigenvalue weighted by Crippen LogP contribution is -2.38. The smallest absolute Gasteiger partial charge is 0.0701 e. The Morgan fingerprint density at radius 2 is 2.15 bits per heavy atom. The van der Waals surface area contributed by atoms with Crippen LogP contribution in [0.25, 0.3) is 0 Å². The number of ether oxygens (including phenoxy) is 1. The highest BCUT2D eigenvalue weighted by Gasteiger charge is 2.21. The molecule has 20 heavy (non-hydrogen) atoms. The number of benzene rings is 1. The molecule has 4 nitrogen and oxygen atoms in total. The summed E-state index contributed by atoms with van der Waals surface area (Å²) in [5.41, 5.74) is 2.62. The molecular weight excluding hydrogens is 320 g/mol. The molecule has 0 atom stereocenters. The first-order chi connectivity index (χ1) is 9.74. The maximum Gasteiger partial charge on any atom is 0.0701 e. The van der Waals surface area contributed by atoms with Crippen molar-refractivity contribution in [3.05, 3.63) is 28.2 Å².